The fourth-order valence-corrected chi connectivity index (χ4v) is 0.415. The lowest BCUT2D eigenvalue weighted by molar-refractivity contribution is 0.0419. The molecule has 0 saturated carbocycles. The molecule has 0 aromatic rings. The van der Waals surface area contributed by atoms with E-state index in [0.29, 0.717) is 6.61 Å². The van der Waals surface area contributed by atoms with Gasteiger partial charge in [0.25, 0.3) is 0 Å². The molecule has 0 aromatic heterocycles. The predicted octanol–water partition coefficient (Wildman–Crippen LogP) is 2.21. The number of carbonyl (C=O) groups is 1. The molecule has 0 heterocycles. The molecule has 0 bridgehead atoms. The summed E-state index contributed by atoms with van der Waals surface area (Å²) >= 11 is 0. The van der Waals surface area contributed by atoms with Gasteiger partial charge in [0.2, 0.25) is 0 Å². The zero-order chi connectivity index (χ0) is 8.91. The minimum atomic E-state index is -0.605. The molecule has 0 amide bonds. The summed E-state index contributed by atoms with van der Waals surface area (Å²) in [5.74, 6) is 0. The zero-order valence-electron chi connectivity index (χ0n) is 7.64. The topological polar surface area (TPSA) is 35.5 Å². The van der Waals surface area contributed by atoms with Crippen molar-refractivity contribution in [3.8, 4) is 0 Å². The van der Waals surface area contributed by atoms with Crippen LogP contribution < -0.4 is 0 Å². The number of ether oxygens (including phenoxy) is 2. The monoisotopic (exact) mass is 160 g/mol. The van der Waals surface area contributed by atoms with Crippen LogP contribution in [0.2, 0.25) is 0 Å². The summed E-state index contributed by atoms with van der Waals surface area (Å²) in [6, 6.07) is 0. The smallest absolute Gasteiger partial charge is 0.438 e. The highest BCUT2D eigenvalue weighted by Crippen LogP contribution is 2.19. The molecule has 0 N–H and O–H groups in total. The summed E-state index contributed by atoms with van der Waals surface area (Å²) in [6.45, 7) is 6.54. The maximum Gasteiger partial charge on any atom is 0.507 e. The van der Waals surface area contributed by atoms with Crippen LogP contribution in [0.15, 0.2) is 0 Å². The van der Waals surface area contributed by atoms with Crippen LogP contribution in [0.25, 0.3) is 0 Å². The molecule has 0 aliphatic heterocycles. The van der Waals surface area contributed by atoms with Crippen LogP contribution in [0.3, 0.4) is 0 Å². The van der Waals surface area contributed by atoms with Gasteiger partial charge in [-0.1, -0.05) is 20.8 Å². The Hall–Kier alpha value is -0.730. The SMILES string of the molecule is CCC(C)(C)COC(=O)OC. The molecular weight excluding hydrogens is 144 g/mol. The molecule has 0 aromatic carbocycles. The second-order valence-corrected chi connectivity index (χ2v) is 3.26. The summed E-state index contributed by atoms with van der Waals surface area (Å²) < 4.78 is 9.11. The van der Waals surface area contributed by atoms with Gasteiger partial charge in [-0.25, -0.2) is 4.79 Å². The Morgan fingerprint density at radius 3 is 2.36 bits per heavy atom. The first-order valence-electron chi connectivity index (χ1n) is 3.72. The normalized spacial score (nSPS) is 10.9. The standard InChI is InChI=1S/C8H16O3/c1-5-8(2,3)6-11-7(9)10-4/h5-6H2,1-4H3. The quantitative estimate of drug-likeness (QED) is 0.594. The average Bonchev–Trinajstić information content (AvgIpc) is 2.00. The van der Waals surface area contributed by atoms with E-state index in [9.17, 15) is 4.79 Å². The maximum absolute atomic E-state index is 10.5. The van der Waals surface area contributed by atoms with Gasteiger partial charge in [-0.3, -0.25) is 0 Å². The molecule has 0 aliphatic rings. The second-order valence-electron chi connectivity index (χ2n) is 3.26. The fourth-order valence-electron chi connectivity index (χ4n) is 0.415. The van der Waals surface area contributed by atoms with E-state index in [0.717, 1.165) is 6.42 Å². The van der Waals surface area contributed by atoms with E-state index in [2.05, 4.69) is 11.7 Å². The summed E-state index contributed by atoms with van der Waals surface area (Å²) in [5.41, 5.74) is 0.0498. The molecule has 0 atom stereocenters. The van der Waals surface area contributed by atoms with Crippen molar-refractivity contribution in [2.24, 2.45) is 5.41 Å². The van der Waals surface area contributed by atoms with Crippen molar-refractivity contribution < 1.29 is 14.3 Å². The Labute approximate surface area is 67.7 Å². The molecule has 66 valence electrons. The van der Waals surface area contributed by atoms with Crippen LogP contribution in [-0.2, 0) is 9.47 Å². The first-order valence-corrected chi connectivity index (χ1v) is 3.72. The Balaban J connectivity index is 3.61. The second kappa shape index (κ2) is 4.21. The molecule has 0 saturated heterocycles. The van der Waals surface area contributed by atoms with E-state index < -0.39 is 6.16 Å². The highest BCUT2D eigenvalue weighted by atomic mass is 16.7. The molecule has 0 fully saturated rings. The van der Waals surface area contributed by atoms with E-state index in [4.69, 9.17) is 4.74 Å². The van der Waals surface area contributed by atoms with Crippen molar-refractivity contribution >= 4 is 6.16 Å². The van der Waals surface area contributed by atoms with Gasteiger partial charge in [0.15, 0.2) is 0 Å². The minimum absolute atomic E-state index is 0.0498. The Morgan fingerprint density at radius 2 is 2.00 bits per heavy atom. The van der Waals surface area contributed by atoms with Gasteiger partial charge in [0, 0.05) is 0 Å². The molecule has 0 rings (SSSR count). The number of rotatable bonds is 3. The number of hydrogen-bond donors (Lipinski definition) is 0. The number of carbonyl (C=O) groups excluding carboxylic acids is 1. The maximum atomic E-state index is 10.5. The molecule has 0 aliphatic carbocycles. The molecule has 0 radical (unpaired) electrons. The molecule has 3 nitrogen and oxygen atoms in total. The molecule has 0 spiro atoms. The van der Waals surface area contributed by atoms with Gasteiger partial charge in [-0.05, 0) is 11.8 Å². The van der Waals surface area contributed by atoms with Crippen LogP contribution in [0.4, 0.5) is 4.79 Å². The Bertz CT molecular complexity index is 129. The van der Waals surface area contributed by atoms with Crippen molar-refractivity contribution in [3.05, 3.63) is 0 Å². The summed E-state index contributed by atoms with van der Waals surface area (Å²) in [6.07, 6.45) is 0.371. The summed E-state index contributed by atoms with van der Waals surface area (Å²) in [4.78, 5) is 10.5. The van der Waals surface area contributed by atoms with Crippen LogP contribution in [0.1, 0.15) is 27.2 Å². The third-order valence-electron chi connectivity index (χ3n) is 1.70. The van der Waals surface area contributed by atoms with Crippen molar-refractivity contribution in [1.82, 2.24) is 0 Å². The molecule has 11 heavy (non-hydrogen) atoms. The fraction of sp³-hybridized carbons (Fsp3) is 0.875. The third-order valence-corrected chi connectivity index (χ3v) is 1.70. The number of methoxy groups -OCH3 is 1. The van der Waals surface area contributed by atoms with E-state index >= 15 is 0 Å². The van der Waals surface area contributed by atoms with Crippen molar-refractivity contribution in [2.75, 3.05) is 13.7 Å². The minimum Gasteiger partial charge on any atom is -0.438 e. The predicted molar refractivity (Wildman–Crippen MR) is 42.4 cm³/mol. The summed E-state index contributed by atoms with van der Waals surface area (Å²) in [7, 11) is 1.31. The van der Waals surface area contributed by atoms with Crippen LogP contribution in [-0.4, -0.2) is 19.9 Å². The van der Waals surface area contributed by atoms with Gasteiger partial charge in [0.1, 0.15) is 0 Å². The molecule has 3 heteroatoms. The Morgan fingerprint density at radius 1 is 1.45 bits per heavy atom. The highest BCUT2D eigenvalue weighted by molar-refractivity contribution is 5.59. The lowest BCUT2D eigenvalue weighted by Crippen LogP contribution is -2.20. The average molecular weight is 160 g/mol. The lowest BCUT2D eigenvalue weighted by atomic mass is 9.92. The van der Waals surface area contributed by atoms with E-state index in [1.807, 2.05) is 13.8 Å². The van der Waals surface area contributed by atoms with Crippen LogP contribution in [0.5, 0.6) is 0 Å². The van der Waals surface area contributed by atoms with Gasteiger partial charge < -0.3 is 9.47 Å². The van der Waals surface area contributed by atoms with Gasteiger partial charge in [-0.15, -0.1) is 0 Å². The van der Waals surface area contributed by atoms with E-state index in [1.54, 1.807) is 0 Å². The van der Waals surface area contributed by atoms with Crippen molar-refractivity contribution in [2.45, 2.75) is 27.2 Å². The van der Waals surface area contributed by atoms with Gasteiger partial charge in [0.05, 0.1) is 13.7 Å². The lowest BCUT2D eigenvalue weighted by Gasteiger charge is -2.20. The number of hydrogen-bond acceptors (Lipinski definition) is 3. The first-order chi connectivity index (χ1) is 5.02. The molecular formula is C8H16O3. The van der Waals surface area contributed by atoms with Gasteiger partial charge >= 0.3 is 6.16 Å². The molecule has 0 unspecified atom stereocenters. The first kappa shape index (κ1) is 10.3. The van der Waals surface area contributed by atoms with Crippen molar-refractivity contribution in [1.29, 1.82) is 0 Å². The van der Waals surface area contributed by atoms with Crippen LogP contribution in [0, 0.1) is 5.41 Å². The van der Waals surface area contributed by atoms with E-state index in [-0.39, 0.29) is 5.41 Å². The third kappa shape index (κ3) is 4.65. The Kier molecular flexibility index (Phi) is 3.93. The van der Waals surface area contributed by atoms with Crippen LogP contribution >= 0.6 is 0 Å². The summed E-state index contributed by atoms with van der Waals surface area (Å²) in [5, 5.41) is 0. The van der Waals surface area contributed by atoms with Gasteiger partial charge in [-0.2, -0.15) is 0 Å². The van der Waals surface area contributed by atoms with Crippen molar-refractivity contribution in [3.63, 3.8) is 0 Å². The largest absolute Gasteiger partial charge is 0.507 e. The highest BCUT2D eigenvalue weighted by Gasteiger charge is 2.17. The zero-order valence-corrected chi connectivity index (χ0v) is 7.64. The van der Waals surface area contributed by atoms with E-state index in [1.165, 1.54) is 7.11 Å².